The van der Waals surface area contributed by atoms with E-state index < -0.39 is 10.8 Å². The number of non-ortho nitro benzene ring substituents is 1. The maximum absolute atomic E-state index is 12.6. The summed E-state index contributed by atoms with van der Waals surface area (Å²) in [5, 5.41) is 23.1. The summed E-state index contributed by atoms with van der Waals surface area (Å²) >= 11 is 0. The Kier molecular flexibility index (Phi) is 8.57. The molecule has 0 fully saturated rings. The summed E-state index contributed by atoms with van der Waals surface area (Å²) in [6.07, 6.45) is 2.38. The molecular weight excluding hydrogens is 446 g/mol. The summed E-state index contributed by atoms with van der Waals surface area (Å²) in [5.41, 5.74) is 3.08. The smallest absolute Gasteiger partial charge is 0.269 e. The van der Waals surface area contributed by atoms with Gasteiger partial charge in [-0.3, -0.25) is 14.9 Å². The molecule has 0 saturated heterocycles. The molecule has 0 radical (unpaired) electrons. The number of amides is 1. The van der Waals surface area contributed by atoms with E-state index in [1.165, 1.54) is 18.2 Å². The first-order chi connectivity index (χ1) is 16.9. The topological polar surface area (TPSA) is 114 Å². The number of nitro benzene ring substituents is 1. The average Bonchev–Trinajstić information content (AvgIpc) is 2.87. The summed E-state index contributed by atoms with van der Waals surface area (Å²) in [7, 11) is 0. The SMILES string of the molecule is CCOc1cc(/C=C(/C#N)C(=O)Nc2ccc(CC)cc2)ccc1OCc1ccc([N+](=O)[O-])cc1. The van der Waals surface area contributed by atoms with Crippen LogP contribution in [0.15, 0.2) is 72.3 Å². The van der Waals surface area contributed by atoms with Crippen LogP contribution in [0, 0.1) is 21.4 Å². The molecule has 8 heteroatoms. The minimum Gasteiger partial charge on any atom is -0.490 e. The number of nitrogens with one attached hydrogen (secondary N) is 1. The van der Waals surface area contributed by atoms with Gasteiger partial charge in [0.25, 0.3) is 11.6 Å². The molecule has 0 aliphatic rings. The highest BCUT2D eigenvalue weighted by Crippen LogP contribution is 2.30. The Hall–Kier alpha value is -4.64. The van der Waals surface area contributed by atoms with Crippen LogP contribution in [0.3, 0.4) is 0 Å². The zero-order chi connectivity index (χ0) is 25.2. The standard InChI is InChI=1S/C27H25N3O5/c1-3-19-5-10-23(11-6-19)29-27(31)22(17-28)15-21-9-14-25(26(16-21)34-4-2)35-18-20-7-12-24(13-8-20)30(32)33/h5-16H,3-4,18H2,1-2H3,(H,29,31)/b22-15-. The Labute approximate surface area is 203 Å². The van der Waals surface area contributed by atoms with E-state index in [1.807, 2.05) is 32.0 Å². The van der Waals surface area contributed by atoms with Crippen LogP contribution in [0.1, 0.15) is 30.5 Å². The van der Waals surface area contributed by atoms with Crippen LogP contribution in [-0.2, 0) is 17.8 Å². The first-order valence-corrected chi connectivity index (χ1v) is 11.1. The molecule has 3 rings (SSSR count). The van der Waals surface area contributed by atoms with Crippen molar-refractivity contribution in [3.05, 3.63) is 99.1 Å². The third-order valence-electron chi connectivity index (χ3n) is 5.11. The van der Waals surface area contributed by atoms with Crippen LogP contribution in [0.25, 0.3) is 6.08 Å². The van der Waals surface area contributed by atoms with Crippen molar-refractivity contribution in [3.63, 3.8) is 0 Å². The van der Waals surface area contributed by atoms with Gasteiger partial charge in [0, 0.05) is 17.8 Å². The monoisotopic (exact) mass is 471 g/mol. The van der Waals surface area contributed by atoms with Crippen molar-refractivity contribution in [1.29, 1.82) is 5.26 Å². The van der Waals surface area contributed by atoms with Gasteiger partial charge in [0.15, 0.2) is 11.5 Å². The molecule has 3 aromatic carbocycles. The summed E-state index contributed by atoms with van der Waals surface area (Å²) in [6, 6.07) is 20.6. The van der Waals surface area contributed by atoms with Gasteiger partial charge in [-0.2, -0.15) is 5.26 Å². The molecule has 35 heavy (non-hydrogen) atoms. The average molecular weight is 472 g/mol. The summed E-state index contributed by atoms with van der Waals surface area (Å²) in [5.74, 6) is 0.422. The second kappa shape index (κ2) is 12.0. The number of anilines is 1. The number of nitro groups is 1. The van der Waals surface area contributed by atoms with Crippen molar-refractivity contribution >= 4 is 23.4 Å². The number of hydrogen-bond donors (Lipinski definition) is 1. The molecule has 0 aromatic heterocycles. The third-order valence-corrected chi connectivity index (χ3v) is 5.11. The quantitative estimate of drug-likeness (QED) is 0.176. The fourth-order valence-corrected chi connectivity index (χ4v) is 3.21. The minimum atomic E-state index is -0.506. The van der Waals surface area contributed by atoms with E-state index in [2.05, 4.69) is 5.32 Å². The van der Waals surface area contributed by atoms with Crippen molar-refractivity contribution in [2.45, 2.75) is 26.9 Å². The Morgan fingerprint density at radius 2 is 1.69 bits per heavy atom. The Morgan fingerprint density at radius 3 is 2.29 bits per heavy atom. The van der Waals surface area contributed by atoms with Gasteiger partial charge in [0.05, 0.1) is 11.5 Å². The molecule has 178 valence electrons. The van der Waals surface area contributed by atoms with E-state index >= 15 is 0 Å². The van der Waals surface area contributed by atoms with Crippen molar-refractivity contribution in [2.75, 3.05) is 11.9 Å². The van der Waals surface area contributed by atoms with Gasteiger partial charge >= 0.3 is 0 Å². The maximum atomic E-state index is 12.6. The second-order valence-electron chi connectivity index (χ2n) is 7.53. The predicted molar refractivity (Wildman–Crippen MR) is 133 cm³/mol. The predicted octanol–water partition coefficient (Wildman–Crippen LogP) is 5.68. The van der Waals surface area contributed by atoms with E-state index in [9.17, 15) is 20.2 Å². The molecule has 8 nitrogen and oxygen atoms in total. The van der Waals surface area contributed by atoms with E-state index in [0.29, 0.717) is 29.4 Å². The normalized spacial score (nSPS) is 10.8. The third kappa shape index (κ3) is 6.92. The van der Waals surface area contributed by atoms with E-state index in [0.717, 1.165) is 17.5 Å². The van der Waals surface area contributed by atoms with Crippen LogP contribution in [-0.4, -0.2) is 17.4 Å². The lowest BCUT2D eigenvalue weighted by molar-refractivity contribution is -0.384. The van der Waals surface area contributed by atoms with Crippen LogP contribution >= 0.6 is 0 Å². The largest absolute Gasteiger partial charge is 0.490 e. The Balaban J connectivity index is 1.74. The van der Waals surface area contributed by atoms with E-state index in [1.54, 1.807) is 42.5 Å². The van der Waals surface area contributed by atoms with Crippen LogP contribution in [0.4, 0.5) is 11.4 Å². The zero-order valence-corrected chi connectivity index (χ0v) is 19.5. The number of ether oxygens (including phenoxy) is 2. The van der Waals surface area contributed by atoms with Gasteiger partial charge in [-0.15, -0.1) is 0 Å². The molecule has 0 atom stereocenters. The van der Waals surface area contributed by atoms with Gasteiger partial charge in [-0.25, -0.2) is 0 Å². The molecule has 1 amide bonds. The van der Waals surface area contributed by atoms with Gasteiger partial charge in [0.1, 0.15) is 18.2 Å². The highest BCUT2D eigenvalue weighted by atomic mass is 16.6. The van der Waals surface area contributed by atoms with Crippen LogP contribution < -0.4 is 14.8 Å². The Morgan fingerprint density at radius 1 is 1.00 bits per heavy atom. The first-order valence-electron chi connectivity index (χ1n) is 11.1. The van der Waals surface area contributed by atoms with Gasteiger partial charge in [0.2, 0.25) is 0 Å². The van der Waals surface area contributed by atoms with Crippen molar-refractivity contribution < 1.29 is 19.2 Å². The van der Waals surface area contributed by atoms with Gasteiger partial charge < -0.3 is 14.8 Å². The molecule has 0 unspecified atom stereocenters. The number of rotatable bonds is 10. The fraction of sp³-hybridized carbons (Fsp3) is 0.185. The molecule has 0 bridgehead atoms. The highest BCUT2D eigenvalue weighted by Gasteiger charge is 2.12. The number of hydrogen-bond acceptors (Lipinski definition) is 6. The fourth-order valence-electron chi connectivity index (χ4n) is 3.21. The van der Waals surface area contributed by atoms with Gasteiger partial charge in [-0.1, -0.05) is 25.1 Å². The lowest BCUT2D eigenvalue weighted by Crippen LogP contribution is -2.13. The highest BCUT2D eigenvalue weighted by molar-refractivity contribution is 6.09. The van der Waals surface area contributed by atoms with Crippen LogP contribution in [0.2, 0.25) is 0 Å². The van der Waals surface area contributed by atoms with Crippen molar-refractivity contribution in [3.8, 4) is 17.6 Å². The second-order valence-corrected chi connectivity index (χ2v) is 7.53. The molecule has 3 aromatic rings. The maximum Gasteiger partial charge on any atom is 0.269 e. The lowest BCUT2D eigenvalue weighted by atomic mass is 10.1. The number of carbonyl (C=O) groups is 1. The van der Waals surface area contributed by atoms with E-state index in [4.69, 9.17) is 9.47 Å². The molecule has 1 N–H and O–H groups in total. The first kappa shape index (κ1) is 25.0. The number of nitriles is 1. The summed E-state index contributed by atoms with van der Waals surface area (Å²) in [6.45, 7) is 4.46. The molecule has 0 aliphatic carbocycles. The molecule has 0 heterocycles. The number of carbonyl (C=O) groups excluding carboxylic acids is 1. The molecule has 0 aliphatic heterocycles. The summed E-state index contributed by atoms with van der Waals surface area (Å²) in [4.78, 5) is 23.0. The number of nitrogens with zero attached hydrogens (tertiary/aromatic N) is 2. The number of benzene rings is 3. The molecule has 0 spiro atoms. The minimum absolute atomic E-state index is 0.00945. The Bertz CT molecular complexity index is 1260. The van der Waals surface area contributed by atoms with Crippen molar-refractivity contribution in [1.82, 2.24) is 0 Å². The summed E-state index contributed by atoms with van der Waals surface area (Å²) < 4.78 is 11.5. The molecule has 0 saturated carbocycles. The zero-order valence-electron chi connectivity index (χ0n) is 19.5. The van der Waals surface area contributed by atoms with E-state index in [-0.39, 0.29) is 17.9 Å². The number of aryl methyl sites for hydroxylation is 1. The lowest BCUT2D eigenvalue weighted by Gasteiger charge is -2.13. The van der Waals surface area contributed by atoms with Crippen molar-refractivity contribution in [2.24, 2.45) is 0 Å². The van der Waals surface area contributed by atoms with Crippen LogP contribution in [0.5, 0.6) is 11.5 Å². The van der Waals surface area contributed by atoms with Gasteiger partial charge in [-0.05, 0) is 72.5 Å². The molecular formula is C27H25N3O5.